The van der Waals surface area contributed by atoms with E-state index >= 15 is 0 Å². The van der Waals surface area contributed by atoms with E-state index < -0.39 is 5.41 Å². The lowest BCUT2D eigenvalue weighted by molar-refractivity contribution is -0.120. The quantitative estimate of drug-likeness (QED) is 0.909. The smallest absolute Gasteiger partial charge is 0.236 e. The molecule has 0 bridgehead atoms. The van der Waals surface area contributed by atoms with Gasteiger partial charge in [-0.25, -0.2) is 4.98 Å². The number of hydrogen-bond donors (Lipinski definition) is 1. The van der Waals surface area contributed by atoms with E-state index in [9.17, 15) is 4.79 Å². The summed E-state index contributed by atoms with van der Waals surface area (Å²) in [6.45, 7) is 7.79. The highest BCUT2D eigenvalue weighted by molar-refractivity contribution is 6.05. The number of rotatable bonds is 2. The predicted octanol–water partition coefficient (Wildman–Crippen LogP) is 2.67. The molecule has 1 amide bonds. The molecule has 0 aromatic carbocycles. The average molecular weight is 266 g/mol. The number of pyridine rings is 2. The molecule has 20 heavy (non-hydrogen) atoms. The maximum absolute atomic E-state index is 12.5. The van der Waals surface area contributed by atoms with Crippen LogP contribution in [0.4, 0.5) is 5.82 Å². The fourth-order valence-electron chi connectivity index (χ4n) is 2.74. The minimum absolute atomic E-state index is 0.000972. The van der Waals surface area contributed by atoms with Crippen molar-refractivity contribution < 1.29 is 4.79 Å². The van der Waals surface area contributed by atoms with Crippen molar-refractivity contribution in [3.05, 3.63) is 60.4 Å². The molecule has 1 radical (unpaired) electrons. The normalized spacial score (nSPS) is 22.2. The average Bonchev–Trinajstić information content (AvgIpc) is 2.72. The Hall–Kier alpha value is -2.23. The Balaban J connectivity index is 2.08. The van der Waals surface area contributed by atoms with Gasteiger partial charge in [-0.3, -0.25) is 9.78 Å². The number of amides is 1. The maximum atomic E-state index is 12.5. The largest absolute Gasteiger partial charge is 0.310 e. The van der Waals surface area contributed by atoms with Gasteiger partial charge in [0, 0.05) is 29.6 Å². The van der Waals surface area contributed by atoms with Gasteiger partial charge in [0.2, 0.25) is 5.91 Å². The molecule has 4 nitrogen and oxygen atoms in total. The third-order valence-electron chi connectivity index (χ3n) is 4.28. The van der Waals surface area contributed by atoms with Crippen LogP contribution in [0.5, 0.6) is 0 Å². The summed E-state index contributed by atoms with van der Waals surface area (Å²) < 4.78 is 0. The lowest BCUT2D eigenvalue weighted by Gasteiger charge is -2.29. The Morgan fingerprint density at radius 2 is 2.10 bits per heavy atom. The first-order chi connectivity index (χ1) is 9.53. The van der Waals surface area contributed by atoms with Crippen LogP contribution in [0.1, 0.15) is 36.6 Å². The van der Waals surface area contributed by atoms with Crippen molar-refractivity contribution in [2.75, 3.05) is 5.32 Å². The molecule has 0 spiro atoms. The van der Waals surface area contributed by atoms with Crippen molar-refractivity contribution in [1.82, 2.24) is 9.97 Å². The van der Waals surface area contributed by atoms with Crippen LogP contribution < -0.4 is 5.32 Å². The molecule has 0 aliphatic carbocycles. The van der Waals surface area contributed by atoms with E-state index in [4.69, 9.17) is 0 Å². The molecule has 1 N–H and O–H groups in total. The third-order valence-corrected chi connectivity index (χ3v) is 4.28. The van der Waals surface area contributed by atoms with Crippen LogP contribution in [0, 0.1) is 6.92 Å². The van der Waals surface area contributed by atoms with Crippen LogP contribution in [-0.4, -0.2) is 15.9 Å². The summed E-state index contributed by atoms with van der Waals surface area (Å²) >= 11 is 0. The van der Waals surface area contributed by atoms with Gasteiger partial charge in [-0.05, 0) is 31.5 Å². The van der Waals surface area contributed by atoms with Gasteiger partial charge in [0.1, 0.15) is 5.82 Å². The lowest BCUT2D eigenvalue weighted by Crippen LogP contribution is -2.36. The van der Waals surface area contributed by atoms with Crippen LogP contribution in [0.25, 0.3) is 0 Å². The van der Waals surface area contributed by atoms with Crippen LogP contribution in [-0.2, 0) is 10.2 Å². The number of anilines is 1. The van der Waals surface area contributed by atoms with Gasteiger partial charge in [0.05, 0.1) is 5.41 Å². The molecule has 0 unspecified atom stereocenters. The van der Waals surface area contributed by atoms with Crippen LogP contribution in [0.2, 0.25) is 0 Å². The number of nitrogens with one attached hydrogen (secondary N) is 1. The van der Waals surface area contributed by atoms with Crippen LogP contribution >= 0.6 is 0 Å². The Kier molecular flexibility index (Phi) is 2.82. The van der Waals surface area contributed by atoms with Gasteiger partial charge in [0.15, 0.2) is 0 Å². The number of nitrogens with zero attached hydrogens (tertiary/aromatic N) is 2. The molecule has 1 aliphatic rings. The van der Waals surface area contributed by atoms with Crippen molar-refractivity contribution in [2.24, 2.45) is 0 Å². The lowest BCUT2D eigenvalue weighted by atomic mass is 9.71. The van der Waals surface area contributed by atoms with Gasteiger partial charge in [-0.2, -0.15) is 0 Å². The first-order valence-electron chi connectivity index (χ1n) is 6.58. The molecule has 0 fully saturated rings. The SMILES string of the molecule is [CH2]c1ccc([C@@H](C)[C@@]2(C)C(=O)Nc3ncccc32)cn1. The first-order valence-corrected chi connectivity index (χ1v) is 6.58. The van der Waals surface area contributed by atoms with E-state index in [1.807, 2.05) is 38.1 Å². The molecule has 2 aromatic rings. The standard InChI is InChI=1S/C16H16N3O/c1-10-6-7-12(9-18-10)11(2)16(3)13-5-4-8-17-14(13)19-15(16)20/h4-9,11H,1H2,2-3H3,(H,17,19,20)/t11-,16-/m1/s1. The van der Waals surface area contributed by atoms with Gasteiger partial charge in [-0.15, -0.1) is 0 Å². The van der Waals surface area contributed by atoms with Crippen LogP contribution in [0.15, 0.2) is 36.7 Å². The second-order valence-electron chi connectivity index (χ2n) is 5.36. The summed E-state index contributed by atoms with van der Waals surface area (Å²) in [5.41, 5.74) is 2.06. The molecule has 2 atom stereocenters. The molecule has 3 heterocycles. The minimum atomic E-state index is -0.631. The Morgan fingerprint density at radius 1 is 1.30 bits per heavy atom. The molecule has 101 valence electrons. The summed E-state index contributed by atoms with van der Waals surface area (Å²) in [6, 6.07) is 7.67. The molecule has 2 aromatic heterocycles. The molecule has 0 saturated heterocycles. The second kappa shape index (κ2) is 4.40. The van der Waals surface area contributed by atoms with Crippen molar-refractivity contribution >= 4 is 11.7 Å². The number of carbonyl (C=O) groups is 1. The van der Waals surface area contributed by atoms with Gasteiger partial charge in [-0.1, -0.05) is 19.1 Å². The minimum Gasteiger partial charge on any atom is -0.310 e. The maximum Gasteiger partial charge on any atom is 0.236 e. The van der Waals surface area contributed by atoms with E-state index in [2.05, 4.69) is 22.2 Å². The molecular weight excluding hydrogens is 250 g/mol. The molecule has 4 heteroatoms. The Morgan fingerprint density at radius 3 is 2.80 bits per heavy atom. The fraction of sp³-hybridized carbons (Fsp3) is 0.250. The van der Waals surface area contributed by atoms with E-state index in [0.717, 1.165) is 16.8 Å². The Bertz CT molecular complexity index is 666. The summed E-state index contributed by atoms with van der Waals surface area (Å²) in [4.78, 5) is 20.9. The van der Waals surface area contributed by atoms with Crippen molar-refractivity contribution in [2.45, 2.75) is 25.2 Å². The summed E-state index contributed by atoms with van der Waals surface area (Å²) in [5, 5.41) is 2.87. The number of fused-ring (bicyclic) bond motifs is 1. The van der Waals surface area contributed by atoms with Crippen molar-refractivity contribution in [1.29, 1.82) is 0 Å². The zero-order chi connectivity index (χ0) is 14.3. The molecule has 3 rings (SSSR count). The number of hydrogen-bond acceptors (Lipinski definition) is 3. The summed E-state index contributed by atoms with van der Waals surface area (Å²) in [5.74, 6) is 0.645. The summed E-state index contributed by atoms with van der Waals surface area (Å²) in [6.07, 6.45) is 3.48. The highest BCUT2D eigenvalue weighted by Crippen LogP contribution is 2.45. The van der Waals surface area contributed by atoms with Gasteiger partial charge < -0.3 is 5.32 Å². The van der Waals surface area contributed by atoms with E-state index in [1.54, 1.807) is 12.4 Å². The zero-order valence-electron chi connectivity index (χ0n) is 11.6. The van der Waals surface area contributed by atoms with Gasteiger partial charge >= 0.3 is 0 Å². The van der Waals surface area contributed by atoms with Gasteiger partial charge in [0.25, 0.3) is 0 Å². The van der Waals surface area contributed by atoms with E-state index in [1.165, 1.54) is 0 Å². The fourth-order valence-corrected chi connectivity index (χ4v) is 2.74. The Labute approximate surface area is 118 Å². The summed E-state index contributed by atoms with van der Waals surface area (Å²) in [7, 11) is 0. The third kappa shape index (κ3) is 1.72. The number of aromatic nitrogens is 2. The molecule has 0 saturated carbocycles. The highest BCUT2D eigenvalue weighted by Gasteiger charge is 2.47. The molecule has 1 aliphatic heterocycles. The second-order valence-corrected chi connectivity index (χ2v) is 5.36. The predicted molar refractivity (Wildman–Crippen MR) is 77.3 cm³/mol. The van der Waals surface area contributed by atoms with E-state index in [0.29, 0.717) is 5.82 Å². The topological polar surface area (TPSA) is 54.9 Å². The van der Waals surface area contributed by atoms with E-state index in [-0.39, 0.29) is 11.8 Å². The van der Waals surface area contributed by atoms with Crippen molar-refractivity contribution in [3.8, 4) is 0 Å². The number of carbonyl (C=O) groups excluding carboxylic acids is 1. The molecular formula is C16H16N3O. The zero-order valence-corrected chi connectivity index (χ0v) is 11.6. The van der Waals surface area contributed by atoms with Crippen molar-refractivity contribution in [3.63, 3.8) is 0 Å². The first kappa shape index (κ1) is 12.8. The van der Waals surface area contributed by atoms with Crippen LogP contribution in [0.3, 0.4) is 0 Å². The monoisotopic (exact) mass is 266 g/mol. The highest BCUT2D eigenvalue weighted by atomic mass is 16.2.